The summed E-state index contributed by atoms with van der Waals surface area (Å²) >= 11 is 0. The molecule has 0 N–H and O–H groups in total. The van der Waals surface area contributed by atoms with Crippen molar-refractivity contribution in [2.45, 2.75) is 0 Å². The van der Waals surface area contributed by atoms with Crippen molar-refractivity contribution in [3.05, 3.63) is 169 Å². The Hall–Kier alpha value is -6.88. The third kappa shape index (κ3) is 4.07. The molecule has 0 fully saturated rings. The minimum atomic E-state index is 0.513. The van der Waals surface area contributed by atoms with Crippen LogP contribution in [0.3, 0.4) is 0 Å². The van der Waals surface area contributed by atoms with Crippen LogP contribution in [-0.2, 0) is 0 Å². The molecule has 9 aromatic rings. The smallest absolute Gasteiger partial charge is 0.0998 e. The highest BCUT2D eigenvalue weighted by molar-refractivity contribution is 6.10. The summed E-state index contributed by atoms with van der Waals surface area (Å²) in [5.74, 6) is 0. The Morgan fingerprint density at radius 1 is 0.375 bits per heavy atom. The molecule has 0 amide bonds. The van der Waals surface area contributed by atoms with Crippen molar-refractivity contribution >= 4 is 43.6 Å². The van der Waals surface area contributed by atoms with E-state index < -0.39 is 0 Å². The minimum absolute atomic E-state index is 0.513. The van der Waals surface area contributed by atoms with Gasteiger partial charge in [-0.05, 0) is 60.2 Å². The van der Waals surface area contributed by atoms with Gasteiger partial charge in [-0.3, -0.25) is 0 Å². The largest absolute Gasteiger partial charge is 0.309 e. The maximum atomic E-state index is 10.5. The van der Waals surface area contributed by atoms with Crippen molar-refractivity contribution in [1.29, 1.82) is 10.5 Å². The normalized spacial score (nSPS) is 11.3. The van der Waals surface area contributed by atoms with E-state index in [-0.39, 0.29) is 0 Å². The van der Waals surface area contributed by atoms with Crippen LogP contribution in [0.15, 0.2) is 158 Å². The molecule has 0 aliphatic carbocycles. The molecule has 4 nitrogen and oxygen atoms in total. The number of aromatic nitrogens is 2. The van der Waals surface area contributed by atoms with Gasteiger partial charge in [0.1, 0.15) is 0 Å². The molecular formula is C44H26N4. The van der Waals surface area contributed by atoms with Crippen LogP contribution in [0, 0.1) is 22.7 Å². The topological polar surface area (TPSA) is 57.4 Å². The van der Waals surface area contributed by atoms with Crippen molar-refractivity contribution in [1.82, 2.24) is 9.13 Å². The average Bonchev–Trinajstić information content (AvgIpc) is 3.67. The van der Waals surface area contributed by atoms with Gasteiger partial charge in [0.25, 0.3) is 0 Å². The highest BCUT2D eigenvalue weighted by atomic mass is 15.0. The van der Waals surface area contributed by atoms with Crippen LogP contribution in [0.5, 0.6) is 0 Å². The lowest BCUT2D eigenvalue weighted by atomic mass is 9.91. The lowest BCUT2D eigenvalue weighted by Gasteiger charge is -2.16. The first kappa shape index (κ1) is 27.4. The van der Waals surface area contributed by atoms with E-state index in [2.05, 4.69) is 137 Å². The third-order valence-corrected chi connectivity index (χ3v) is 9.43. The quantitative estimate of drug-likeness (QED) is 0.199. The molecule has 48 heavy (non-hydrogen) atoms. The average molecular weight is 611 g/mol. The summed E-state index contributed by atoms with van der Waals surface area (Å²) in [5.41, 5.74) is 10.9. The first-order valence-electron chi connectivity index (χ1n) is 15.9. The van der Waals surface area contributed by atoms with Gasteiger partial charge in [-0.25, -0.2) is 0 Å². The number of rotatable bonds is 4. The zero-order chi connectivity index (χ0) is 32.2. The molecule has 7 aromatic carbocycles. The number of hydrogen-bond acceptors (Lipinski definition) is 2. The molecule has 9 rings (SSSR count). The van der Waals surface area contributed by atoms with Gasteiger partial charge in [-0.2, -0.15) is 10.5 Å². The fourth-order valence-corrected chi connectivity index (χ4v) is 7.33. The van der Waals surface area contributed by atoms with Gasteiger partial charge in [0.2, 0.25) is 0 Å². The van der Waals surface area contributed by atoms with E-state index in [1.54, 1.807) is 0 Å². The Bertz CT molecular complexity index is 2710. The van der Waals surface area contributed by atoms with E-state index in [4.69, 9.17) is 0 Å². The molecule has 0 aliphatic heterocycles. The first-order chi connectivity index (χ1) is 23.7. The van der Waals surface area contributed by atoms with Crippen LogP contribution in [0.4, 0.5) is 0 Å². The molecule has 2 heterocycles. The van der Waals surface area contributed by atoms with Crippen LogP contribution >= 0.6 is 0 Å². The SMILES string of the molecule is N#Cc1cc(-n2c3ccccc3c3ccccc32)ccc1-c1cc(-c2ccccc2-n2c3ccccc3c3ccccc32)ccc1C#N. The van der Waals surface area contributed by atoms with Crippen LogP contribution in [0.25, 0.3) is 77.2 Å². The number of para-hydroxylation sites is 5. The first-order valence-corrected chi connectivity index (χ1v) is 15.9. The van der Waals surface area contributed by atoms with Crippen molar-refractivity contribution in [3.63, 3.8) is 0 Å². The standard InChI is InChI=1S/C44H26N4/c45-27-30-22-21-29(34-11-1-6-16-40(34)48-43-19-9-4-14-37(43)38-15-5-10-20-44(38)48)26-39(30)33-24-23-32(25-31(33)28-46)47-41-17-7-2-12-35(41)36-13-3-8-18-42(36)47/h1-26H. The predicted octanol–water partition coefficient (Wildman–Crippen LogP) is 11.0. The molecule has 0 spiro atoms. The van der Waals surface area contributed by atoms with Gasteiger partial charge >= 0.3 is 0 Å². The second-order valence-electron chi connectivity index (χ2n) is 12.0. The molecule has 0 unspecified atom stereocenters. The Balaban J connectivity index is 1.23. The summed E-state index contributed by atoms with van der Waals surface area (Å²) in [6.07, 6.45) is 0. The van der Waals surface area contributed by atoms with Gasteiger partial charge in [0, 0.05) is 43.9 Å². The lowest BCUT2D eigenvalue weighted by Crippen LogP contribution is -1.98. The summed E-state index contributed by atoms with van der Waals surface area (Å²) in [6.45, 7) is 0. The van der Waals surface area contributed by atoms with E-state index >= 15 is 0 Å². The maximum absolute atomic E-state index is 10.5. The molecular weight excluding hydrogens is 585 g/mol. The van der Waals surface area contributed by atoms with Crippen LogP contribution in [0.1, 0.15) is 11.1 Å². The lowest BCUT2D eigenvalue weighted by molar-refractivity contribution is 1.18. The monoisotopic (exact) mass is 610 g/mol. The van der Waals surface area contributed by atoms with Crippen LogP contribution in [0.2, 0.25) is 0 Å². The van der Waals surface area contributed by atoms with E-state index in [9.17, 15) is 10.5 Å². The van der Waals surface area contributed by atoms with Gasteiger partial charge in [0.15, 0.2) is 0 Å². The van der Waals surface area contributed by atoms with E-state index in [0.29, 0.717) is 11.1 Å². The number of benzene rings is 7. The molecule has 2 aromatic heterocycles. The van der Waals surface area contributed by atoms with E-state index in [1.165, 1.54) is 10.8 Å². The summed E-state index contributed by atoms with van der Waals surface area (Å²) in [4.78, 5) is 0. The van der Waals surface area contributed by atoms with Gasteiger partial charge in [0.05, 0.1) is 51.0 Å². The molecule has 0 bridgehead atoms. The highest BCUT2D eigenvalue weighted by Crippen LogP contribution is 2.39. The van der Waals surface area contributed by atoms with Crippen LogP contribution < -0.4 is 0 Å². The van der Waals surface area contributed by atoms with Gasteiger partial charge < -0.3 is 9.13 Å². The summed E-state index contributed by atoms with van der Waals surface area (Å²) in [7, 11) is 0. The summed E-state index contributed by atoms with van der Waals surface area (Å²) < 4.78 is 4.53. The van der Waals surface area contributed by atoms with Crippen LogP contribution in [-0.4, -0.2) is 9.13 Å². The number of hydrogen-bond donors (Lipinski definition) is 0. The third-order valence-electron chi connectivity index (χ3n) is 9.43. The van der Waals surface area contributed by atoms with Gasteiger partial charge in [-0.1, -0.05) is 103 Å². The molecule has 0 saturated heterocycles. The summed E-state index contributed by atoms with van der Waals surface area (Å²) in [6, 6.07) is 58.8. The second kappa shape index (κ2) is 10.9. The second-order valence-corrected chi connectivity index (χ2v) is 12.0. The van der Waals surface area contributed by atoms with Gasteiger partial charge in [-0.15, -0.1) is 0 Å². The Kier molecular flexibility index (Phi) is 6.22. The fraction of sp³-hybridized carbons (Fsp3) is 0. The highest BCUT2D eigenvalue weighted by Gasteiger charge is 2.19. The number of nitriles is 2. The Labute approximate surface area is 277 Å². The molecule has 0 saturated carbocycles. The summed E-state index contributed by atoms with van der Waals surface area (Å²) in [5, 5.41) is 25.5. The van der Waals surface area contributed by atoms with E-state index in [1.807, 2.05) is 42.5 Å². The number of nitrogens with zero attached hydrogens (tertiary/aromatic N) is 4. The van der Waals surface area contributed by atoms with Crippen molar-refractivity contribution in [2.75, 3.05) is 0 Å². The van der Waals surface area contributed by atoms with Crippen molar-refractivity contribution in [3.8, 4) is 45.8 Å². The molecule has 0 radical (unpaired) electrons. The number of fused-ring (bicyclic) bond motifs is 6. The minimum Gasteiger partial charge on any atom is -0.309 e. The molecule has 0 atom stereocenters. The molecule has 4 heteroatoms. The molecule has 0 aliphatic rings. The Morgan fingerprint density at radius 2 is 0.875 bits per heavy atom. The molecule has 222 valence electrons. The maximum Gasteiger partial charge on any atom is 0.0998 e. The fourth-order valence-electron chi connectivity index (χ4n) is 7.33. The Morgan fingerprint density at radius 3 is 1.44 bits per heavy atom. The van der Waals surface area contributed by atoms with Crippen molar-refractivity contribution < 1.29 is 0 Å². The van der Waals surface area contributed by atoms with E-state index in [0.717, 1.165) is 66.5 Å². The zero-order valence-corrected chi connectivity index (χ0v) is 25.8. The zero-order valence-electron chi connectivity index (χ0n) is 25.8. The predicted molar refractivity (Wildman–Crippen MR) is 195 cm³/mol. The van der Waals surface area contributed by atoms with Crippen molar-refractivity contribution in [2.24, 2.45) is 0 Å².